The van der Waals surface area contributed by atoms with Crippen LogP contribution in [0.5, 0.6) is 0 Å². The first-order valence-corrected chi connectivity index (χ1v) is 11.5. The van der Waals surface area contributed by atoms with Crippen molar-refractivity contribution in [2.24, 2.45) is 0 Å². The van der Waals surface area contributed by atoms with Gasteiger partial charge in [0.1, 0.15) is 10.7 Å². The summed E-state index contributed by atoms with van der Waals surface area (Å²) in [5.41, 5.74) is 2.88. The van der Waals surface area contributed by atoms with Gasteiger partial charge in [0, 0.05) is 38.3 Å². The summed E-state index contributed by atoms with van der Waals surface area (Å²) in [6.45, 7) is 9.68. The molecule has 2 aromatic heterocycles. The smallest absolute Gasteiger partial charge is 0.267 e. The van der Waals surface area contributed by atoms with Gasteiger partial charge in [-0.15, -0.1) is 0 Å². The number of amides is 1. The van der Waals surface area contributed by atoms with Crippen LogP contribution in [0.1, 0.15) is 33.5 Å². The molecule has 0 aliphatic carbocycles. The van der Waals surface area contributed by atoms with Crippen LogP contribution in [0.15, 0.2) is 24.4 Å². The Balaban J connectivity index is 1.49. The van der Waals surface area contributed by atoms with Gasteiger partial charge in [0.05, 0.1) is 6.20 Å². The summed E-state index contributed by atoms with van der Waals surface area (Å²) in [4.78, 5) is 35.8. The molecule has 9 nitrogen and oxygen atoms in total. The molecule has 4 rings (SSSR count). The molecule has 32 heavy (non-hydrogen) atoms. The molecule has 2 N–H and O–H groups in total. The van der Waals surface area contributed by atoms with Crippen LogP contribution in [0, 0.1) is 13.8 Å². The van der Waals surface area contributed by atoms with E-state index in [9.17, 15) is 4.79 Å². The molecule has 1 aliphatic rings. The molecular weight excluding hydrogens is 424 g/mol. The monoisotopic (exact) mass is 452 g/mol. The highest BCUT2D eigenvalue weighted by atomic mass is 32.1. The van der Waals surface area contributed by atoms with E-state index in [4.69, 9.17) is 0 Å². The number of anilines is 4. The maximum atomic E-state index is 12.8. The molecular formula is C22H28N8OS. The molecule has 1 fully saturated rings. The quantitative estimate of drug-likeness (QED) is 0.588. The number of nitrogens with zero attached hydrogens (tertiary/aromatic N) is 6. The van der Waals surface area contributed by atoms with Gasteiger partial charge in [-0.25, -0.2) is 4.98 Å². The number of hydrogen-bond acceptors (Lipinski definition) is 9. The molecule has 1 aromatic carbocycles. The van der Waals surface area contributed by atoms with Crippen LogP contribution in [-0.4, -0.2) is 64.0 Å². The number of aromatic nitrogens is 4. The lowest BCUT2D eigenvalue weighted by molar-refractivity contribution is 0.103. The van der Waals surface area contributed by atoms with Crippen molar-refractivity contribution in [3.8, 4) is 0 Å². The van der Waals surface area contributed by atoms with Gasteiger partial charge in [0.2, 0.25) is 11.9 Å². The summed E-state index contributed by atoms with van der Waals surface area (Å²) < 4.78 is 0. The molecule has 1 aliphatic heterocycles. The lowest BCUT2D eigenvalue weighted by Gasteiger charge is -2.32. The molecule has 0 unspecified atom stereocenters. The van der Waals surface area contributed by atoms with Crippen molar-refractivity contribution in [2.45, 2.75) is 27.2 Å². The van der Waals surface area contributed by atoms with Crippen molar-refractivity contribution in [3.63, 3.8) is 0 Å². The highest BCUT2D eigenvalue weighted by Gasteiger charge is 2.19. The number of carbonyl (C=O) groups excluding carboxylic acids is 1. The third kappa shape index (κ3) is 5.03. The highest BCUT2D eigenvalue weighted by Crippen LogP contribution is 2.25. The van der Waals surface area contributed by atoms with E-state index in [-0.39, 0.29) is 5.91 Å². The SMILES string of the molecule is CCc1nc(Nc2ncc(C(=O)Nc3c(C)cccc3C)s2)nc(N2CCN(C)CC2)n1. The van der Waals surface area contributed by atoms with E-state index in [1.165, 1.54) is 11.3 Å². The number of aryl methyl sites for hydroxylation is 3. The van der Waals surface area contributed by atoms with Crippen molar-refractivity contribution < 1.29 is 4.79 Å². The van der Waals surface area contributed by atoms with Crippen LogP contribution >= 0.6 is 11.3 Å². The zero-order valence-corrected chi connectivity index (χ0v) is 19.7. The predicted molar refractivity (Wildman–Crippen MR) is 128 cm³/mol. The second kappa shape index (κ2) is 9.58. The van der Waals surface area contributed by atoms with Crippen LogP contribution in [0.4, 0.5) is 22.7 Å². The fourth-order valence-electron chi connectivity index (χ4n) is 3.49. The van der Waals surface area contributed by atoms with Crippen LogP contribution in [0.3, 0.4) is 0 Å². The molecule has 0 saturated carbocycles. The van der Waals surface area contributed by atoms with Gasteiger partial charge in [-0.05, 0) is 32.0 Å². The minimum absolute atomic E-state index is 0.184. The molecule has 0 atom stereocenters. The largest absolute Gasteiger partial charge is 0.338 e. The minimum Gasteiger partial charge on any atom is -0.338 e. The van der Waals surface area contributed by atoms with Crippen molar-refractivity contribution in [1.29, 1.82) is 0 Å². The Bertz CT molecular complexity index is 1090. The number of hydrogen-bond donors (Lipinski definition) is 2. The molecule has 3 aromatic rings. The van der Waals surface area contributed by atoms with Crippen LogP contribution in [0.25, 0.3) is 0 Å². The summed E-state index contributed by atoms with van der Waals surface area (Å²) in [7, 11) is 2.12. The standard InChI is InChI=1S/C22H28N8OS/c1-5-17-24-20(27-21(25-17)30-11-9-29(4)10-12-30)28-22-23-13-16(32-22)19(31)26-18-14(2)7-6-8-15(18)3/h6-8,13H,5,9-12H2,1-4H3,(H,26,31)(H,23,24,25,27,28). The molecule has 0 radical (unpaired) electrons. The minimum atomic E-state index is -0.184. The summed E-state index contributed by atoms with van der Waals surface area (Å²) in [6.07, 6.45) is 2.28. The lowest BCUT2D eigenvalue weighted by Crippen LogP contribution is -2.45. The van der Waals surface area contributed by atoms with Crippen molar-refractivity contribution in [1.82, 2.24) is 24.8 Å². The maximum absolute atomic E-state index is 12.8. The predicted octanol–water partition coefficient (Wildman–Crippen LogP) is 3.26. The fraction of sp³-hybridized carbons (Fsp3) is 0.409. The van der Waals surface area contributed by atoms with Crippen molar-refractivity contribution in [3.05, 3.63) is 46.2 Å². The number of carbonyl (C=O) groups is 1. The van der Waals surface area contributed by atoms with Crippen molar-refractivity contribution in [2.75, 3.05) is 48.8 Å². The number of para-hydroxylation sites is 1. The van der Waals surface area contributed by atoms with Gasteiger partial charge < -0.3 is 15.1 Å². The summed E-state index contributed by atoms with van der Waals surface area (Å²) in [5, 5.41) is 6.72. The number of thiazole rings is 1. The number of rotatable bonds is 6. The van der Waals surface area contributed by atoms with Gasteiger partial charge in [-0.2, -0.15) is 15.0 Å². The summed E-state index contributed by atoms with van der Waals surface area (Å²) in [5.74, 6) is 1.66. The fourth-order valence-corrected chi connectivity index (χ4v) is 4.19. The lowest BCUT2D eigenvalue weighted by atomic mass is 10.1. The third-order valence-electron chi connectivity index (χ3n) is 5.44. The summed E-state index contributed by atoms with van der Waals surface area (Å²) in [6, 6.07) is 5.93. The average molecular weight is 453 g/mol. The molecule has 10 heteroatoms. The van der Waals surface area contributed by atoms with Crippen LogP contribution in [-0.2, 0) is 6.42 Å². The second-order valence-corrected chi connectivity index (χ2v) is 8.93. The van der Waals surface area contributed by atoms with Crippen LogP contribution < -0.4 is 15.5 Å². The van der Waals surface area contributed by atoms with E-state index >= 15 is 0 Å². The molecule has 1 saturated heterocycles. The molecule has 1 amide bonds. The molecule has 3 heterocycles. The van der Waals surface area contributed by atoms with E-state index in [2.05, 4.69) is 47.4 Å². The first kappa shape index (κ1) is 22.1. The zero-order valence-electron chi connectivity index (χ0n) is 18.8. The molecule has 0 spiro atoms. The zero-order chi connectivity index (χ0) is 22.7. The molecule has 168 valence electrons. The maximum Gasteiger partial charge on any atom is 0.267 e. The van der Waals surface area contributed by atoms with Gasteiger partial charge in [-0.3, -0.25) is 10.1 Å². The van der Waals surface area contributed by atoms with E-state index in [1.807, 2.05) is 39.0 Å². The highest BCUT2D eigenvalue weighted by molar-refractivity contribution is 7.17. The Morgan fingerprint density at radius 3 is 2.50 bits per heavy atom. The Morgan fingerprint density at radius 2 is 1.81 bits per heavy atom. The third-order valence-corrected chi connectivity index (χ3v) is 6.35. The number of likely N-dealkylation sites (N-methyl/N-ethyl adjacent to an activating group) is 1. The number of benzene rings is 1. The summed E-state index contributed by atoms with van der Waals surface area (Å²) >= 11 is 1.27. The Kier molecular flexibility index (Phi) is 6.61. The Morgan fingerprint density at radius 1 is 1.09 bits per heavy atom. The normalized spacial score (nSPS) is 14.4. The topological polar surface area (TPSA) is 99.2 Å². The van der Waals surface area contributed by atoms with E-state index in [1.54, 1.807) is 6.20 Å². The molecule has 0 bridgehead atoms. The van der Waals surface area contributed by atoms with Crippen molar-refractivity contribution >= 4 is 40.0 Å². The Hall–Kier alpha value is -3.11. The van der Waals surface area contributed by atoms with Gasteiger partial charge in [0.15, 0.2) is 5.13 Å². The number of piperazine rings is 1. The van der Waals surface area contributed by atoms with Crippen LogP contribution in [0.2, 0.25) is 0 Å². The number of nitrogens with one attached hydrogen (secondary N) is 2. The van der Waals surface area contributed by atoms with Gasteiger partial charge >= 0.3 is 0 Å². The average Bonchev–Trinajstić information content (AvgIpc) is 3.25. The van der Waals surface area contributed by atoms with Gasteiger partial charge in [0.25, 0.3) is 5.91 Å². The second-order valence-electron chi connectivity index (χ2n) is 7.89. The van der Waals surface area contributed by atoms with E-state index < -0.39 is 0 Å². The van der Waals surface area contributed by atoms with Gasteiger partial charge in [-0.1, -0.05) is 36.5 Å². The van der Waals surface area contributed by atoms with E-state index in [0.717, 1.165) is 48.8 Å². The first-order valence-electron chi connectivity index (χ1n) is 10.7. The Labute approximate surface area is 191 Å². The first-order chi connectivity index (χ1) is 15.4. The van der Waals surface area contributed by atoms with E-state index in [0.29, 0.717) is 28.3 Å².